The van der Waals surface area contributed by atoms with E-state index < -0.39 is 0 Å². The zero-order valence-corrected chi connectivity index (χ0v) is 21.0. The maximum absolute atomic E-state index is 12.8. The first kappa shape index (κ1) is 26.2. The van der Waals surface area contributed by atoms with E-state index in [1.807, 2.05) is 6.07 Å². The van der Waals surface area contributed by atoms with Gasteiger partial charge in [0.25, 0.3) is 5.91 Å². The highest BCUT2D eigenvalue weighted by molar-refractivity contribution is 6.07. The molecular weight excluding hydrogens is 414 g/mol. The van der Waals surface area contributed by atoms with Crippen LogP contribution in [-0.4, -0.2) is 43.9 Å². The van der Waals surface area contributed by atoms with Crippen molar-refractivity contribution in [1.29, 1.82) is 0 Å². The fourth-order valence-electron chi connectivity index (χ4n) is 3.26. The first-order valence-electron chi connectivity index (χ1n) is 11.6. The number of nitrogens with zero attached hydrogens (tertiary/aromatic N) is 1. The van der Waals surface area contributed by atoms with Crippen molar-refractivity contribution in [2.45, 2.75) is 52.9 Å². The summed E-state index contributed by atoms with van der Waals surface area (Å²) in [7, 11) is 3.40. The Balaban J connectivity index is 2.38. The molecule has 0 spiro atoms. The molecule has 0 N–H and O–H groups in total. The zero-order valence-electron chi connectivity index (χ0n) is 21.0. The molecule has 0 aliphatic carbocycles. The molecule has 0 heterocycles. The first-order chi connectivity index (χ1) is 15.6. The van der Waals surface area contributed by atoms with Gasteiger partial charge in [0.05, 0.1) is 13.2 Å². The maximum atomic E-state index is 12.8. The Kier molecular flexibility index (Phi) is 9.27. The molecule has 5 heteroatoms. The topological polar surface area (TPSA) is 55.8 Å². The van der Waals surface area contributed by atoms with Crippen molar-refractivity contribution >= 4 is 17.8 Å². The number of amides is 1. The van der Waals surface area contributed by atoms with Crippen molar-refractivity contribution in [3.8, 4) is 11.5 Å². The quantitative estimate of drug-likeness (QED) is 0.321. The molecule has 5 nitrogen and oxygen atoms in total. The molecule has 0 atom stereocenters. The second-order valence-corrected chi connectivity index (χ2v) is 9.31. The number of carbonyl (C=O) groups excluding carboxylic acids is 2. The van der Waals surface area contributed by atoms with E-state index in [2.05, 4.69) is 40.7 Å². The molecule has 0 aliphatic heterocycles. The summed E-state index contributed by atoms with van der Waals surface area (Å²) in [4.78, 5) is 26.4. The number of allylic oxidation sites excluding steroid dienone is 1. The highest BCUT2D eigenvalue weighted by atomic mass is 16.5. The summed E-state index contributed by atoms with van der Waals surface area (Å²) in [5.41, 5.74) is 2.85. The number of hydrogen-bond donors (Lipinski definition) is 0. The van der Waals surface area contributed by atoms with Crippen molar-refractivity contribution in [1.82, 2.24) is 4.90 Å². The molecule has 0 radical (unpaired) electrons. The Labute approximate surface area is 198 Å². The van der Waals surface area contributed by atoms with Crippen LogP contribution < -0.4 is 9.47 Å². The van der Waals surface area contributed by atoms with Gasteiger partial charge in [0.2, 0.25) is 0 Å². The molecule has 1 amide bonds. The van der Waals surface area contributed by atoms with Gasteiger partial charge in [0.1, 0.15) is 11.5 Å². The molecule has 2 rings (SSSR count). The van der Waals surface area contributed by atoms with Gasteiger partial charge in [-0.15, -0.1) is 0 Å². The smallest absolute Gasteiger partial charge is 0.253 e. The summed E-state index contributed by atoms with van der Waals surface area (Å²) < 4.78 is 12.0. The van der Waals surface area contributed by atoms with E-state index in [1.54, 1.807) is 50.5 Å². The average molecular weight is 452 g/mol. The lowest BCUT2D eigenvalue weighted by Crippen LogP contribution is -2.21. The van der Waals surface area contributed by atoms with Crippen molar-refractivity contribution in [3.05, 3.63) is 64.7 Å². The van der Waals surface area contributed by atoms with Crippen LogP contribution in [0.25, 0.3) is 6.08 Å². The number of carbonyl (C=O) groups is 2. The van der Waals surface area contributed by atoms with Crippen LogP contribution in [0.5, 0.6) is 11.5 Å². The van der Waals surface area contributed by atoms with Crippen LogP contribution in [0.3, 0.4) is 0 Å². The van der Waals surface area contributed by atoms with E-state index in [4.69, 9.17) is 9.47 Å². The van der Waals surface area contributed by atoms with Crippen LogP contribution in [0.2, 0.25) is 0 Å². The molecule has 178 valence electrons. The molecule has 0 bridgehead atoms. The molecule has 2 aromatic rings. The summed E-state index contributed by atoms with van der Waals surface area (Å²) in [5, 5.41) is 0. The SMILES string of the molecule is CCCOc1cc(OCCC)c(C(C)(C)C)cc1C=CC(=O)c1ccc(C(=O)N(C)C)cc1. The standard InChI is InChI=1S/C28H37NO4/c1-8-16-32-25-19-26(33-17-9-2)23(28(3,4)5)18-22(25)14-15-24(30)20-10-12-21(13-11-20)27(31)29(6)7/h10-15,18-19H,8-9,16-17H2,1-7H3. The number of rotatable bonds is 10. The van der Waals surface area contributed by atoms with Gasteiger partial charge >= 0.3 is 0 Å². The van der Waals surface area contributed by atoms with Crippen LogP contribution in [-0.2, 0) is 5.41 Å². The fourth-order valence-corrected chi connectivity index (χ4v) is 3.26. The van der Waals surface area contributed by atoms with Gasteiger partial charge in [0, 0.05) is 42.4 Å². The normalized spacial score (nSPS) is 11.5. The minimum Gasteiger partial charge on any atom is -0.493 e. The van der Waals surface area contributed by atoms with Crippen LogP contribution in [0.15, 0.2) is 42.5 Å². The fraction of sp³-hybridized carbons (Fsp3) is 0.429. The lowest BCUT2D eigenvalue weighted by Gasteiger charge is -2.25. The monoisotopic (exact) mass is 451 g/mol. The Morgan fingerprint density at radius 1 is 0.879 bits per heavy atom. The predicted molar refractivity (Wildman–Crippen MR) is 135 cm³/mol. The average Bonchev–Trinajstić information content (AvgIpc) is 2.78. The van der Waals surface area contributed by atoms with Crippen LogP contribution in [0, 0.1) is 0 Å². The van der Waals surface area contributed by atoms with Crippen molar-refractivity contribution in [2.75, 3.05) is 27.3 Å². The molecular formula is C28H37NO4. The van der Waals surface area contributed by atoms with Gasteiger partial charge in [-0.25, -0.2) is 0 Å². The van der Waals surface area contributed by atoms with Gasteiger partial charge in [0.15, 0.2) is 5.78 Å². The van der Waals surface area contributed by atoms with Gasteiger partial charge in [-0.1, -0.05) is 46.8 Å². The number of benzene rings is 2. The van der Waals surface area contributed by atoms with Gasteiger partial charge in [-0.2, -0.15) is 0 Å². The highest BCUT2D eigenvalue weighted by Crippen LogP contribution is 2.37. The highest BCUT2D eigenvalue weighted by Gasteiger charge is 2.22. The second-order valence-electron chi connectivity index (χ2n) is 9.31. The largest absolute Gasteiger partial charge is 0.493 e. The summed E-state index contributed by atoms with van der Waals surface area (Å²) in [5.74, 6) is 1.29. The van der Waals surface area contributed by atoms with E-state index in [0.717, 1.165) is 29.7 Å². The minimum atomic E-state index is -0.135. The van der Waals surface area contributed by atoms with Crippen LogP contribution in [0.1, 0.15) is 79.3 Å². The van der Waals surface area contributed by atoms with Crippen LogP contribution >= 0.6 is 0 Å². The Morgan fingerprint density at radius 3 is 1.94 bits per heavy atom. The molecule has 33 heavy (non-hydrogen) atoms. The third kappa shape index (κ3) is 7.21. The maximum Gasteiger partial charge on any atom is 0.253 e. The minimum absolute atomic E-state index is 0.0950. The predicted octanol–water partition coefficient (Wildman–Crippen LogP) is 6.16. The zero-order chi connectivity index (χ0) is 24.6. The summed E-state index contributed by atoms with van der Waals surface area (Å²) >= 11 is 0. The molecule has 0 aliphatic rings. The van der Waals surface area contributed by atoms with Crippen LogP contribution in [0.4, 0.5) is 0 Å². The number of hydrogen-bond acceptors (Lipinski definition) is 4. The first-order valence-corrected chi connectivity index (χ1v) is 11.6. The van der Waals surface area contributed by atoms with Crippen molar-refractivity contribution in [3.63, 3.8) is 0 Å². The summed E-state index contributed by atoms with van der Waals surface area (Å²) in [6.07, 6.45) is 5.15. The van der Waals surface area contributed by atoms with Crippen molar-refractivity contribution in [2.24, 2.45) is 0 Å². The molecule has 0 fully saturated rings. The van der Waals surface area contributed by atoms with Gasteiger partial charge in [-0.3, -0.25) is 9.59 Å². The lowest BCUT2D eigenvalue weighted by atomic mass is 9.85. The van der Waals surface area contributed by atoms with Gasteiger partial charge < -0.3 is 14.4 Å². The van der Waals surface area contributed by atoms with E-state index in [-0.39, 0.29) is 17.1 Å². The van der Waals surface area contributed by atoms with E-state index in [1.165, 1.54) is 4.90 Å². The number of ketones is 1. The third-order valence-electron chi connectivity index (χ3n) is 5.08. The number of ether oxygens (including phenoxy) is 2. The molecule has 2 aromatic carbocycles. The molecule has 0 saturated carbocycles. The van der Waals surface area contributed by atoms with Gasteiger partial charge in [-0.05, 0) is 48.6 Å². The molecule has 0 unspecified atom stereocenters. The summed E-state index contributed by atoms with van der Waals surface area (Å²) in [6.45, 7) is 11.8. The lowest BCUT2D eigenvalue weighted by molar-refractivity contribution is 0.0827. The van der Waals surface area contributed by atoms with E-state index in [0.29, 0.717) is 30.1 Å². The summed E-state index contributed by atoms with van der Waals surface area (Å²) in [6, 6.07) is 10.7. The Morgan fingerprint density at radius 2 is 1.42 bits per heavy atom. The second kappa shape index (κ2) is 11.7. The third-order valence-corrected chi connectivity index (χ3v) is 5.08. The van der Waals surface area contributed by atoms with Crippen molar-refractivity contribution < 1.29 is 19.1 Å². The van der Waals surface area contributed by atoms with E-state index in [9.17, 15) is 9.59 Å². The molecule has 0 aromatic heterocycles. The molecule has 0 saturated heterocycles. The Bertz CT molecular complexity index is 982. The van der Waals surface area contributed by atoms with E-state index >= 15 is 0 Å². The Hall–Kier alpha value is -3.08.